The number of halogens is 2. The maximum absolute atomic E-state index is 12.4. The standard InChI is InChI=1S/C15H11Cl2N3O2/c1-19-13-10(14(21)20(2)15(19)22)11(16)9(12(17)18-13)8-6-4-3-5-7-8/h3-7H,1-2H3. The van der Waals surface area contributed by atoms with Crippen molar-refractivity contribution in [3.05, 3.63) is 61.3 Å². The molecular weight excluding hydrogens is 325 g/mol. The summed E-state index contributed by atoms with van der Waals surface area (Å²) in [5.74, 6) is 0. The minimum Gasteiger partial charge on any atom is -0.280 e. The van der Waals surface area contributed by atoms with Crippen LogP contribution in [0.4, 0.5) is 0 Å². The van der Waals surface area contributed by atoms with Gasteiger partial charge >= 0.3 is 5.69 Å². The smallest absolute Gasteiger partial charge is 0.280 e. The van der Waals surface area contributed by atoms with Crippen molar-refractivity contribution >= 4 is 34.2 Å². The molecule has 0 saturated heterocycles. The Bertz CT molecular complexity index is 1010. The van der Waals surface area contributed by atoms with E-state index in [0.29, 0.717) is 5.56 Å². The predicted octanol–water partition coefficient (Wildman–Crippen LogP) is 2.61. The van der Waals surface area contributed by atoms with Crippen LogP contribution in [-0.4, -0.2) is 14.1 Å². The number of benzene rings is 1. The van der Waals surface area contributed by atoms with Gasteiger partial charge in [-0.1, -0.05) is 53.5 Å². The minimum absolute atomic E-state index is 0.145. The first-order valence-electron chi connectivity index (χ1n) is 6.43. The van der Waals surface area contributed by atoms with Gasteiger partial charge in [0.15, 0.2) is 5.65 Å². The van der Waals surface area contributed by atoms with E-state index in [1.807, 2.05) is 30.3 Å². The summed E-state index contributed by atoms with van der Waals surface area (Å²) in [5, 5.41) is 0.513. The second-order valence-corrected chi connectivity index (χ2v) is 5.60. The molecule has 0 fully saturated rings. The maximum Gasteiger partial charge on any atom is 0.332 e. The van der Waals surface area contributed by atoms with Gasteiger partial charge in [0, 0.05) is 19.7 Å². The van der Waals surface area contributed by atoms with E-state index >= 15 is 0 Å². The zero-order chi connectivity index (χ0) is 16.0. The van der Waals surface area contributed by atoms with Gasteiger partial charge in [0.25, 0.3) is 5.56 Å². The summed E-state index contributed by atoms with van der Waals surface area (Å²) in [5.41, 5.74) is 0.423. The van der Waals surface area contributed by atoms with E-state index in [4.69, 9.17) is 23.2 Å². The zero-order valence-electron chi connectivity index (χ0n) is 11.8. The fourth-order valence-corrected chi connectivity index (χ4v) is 3.07. The molecular formula is C15H11Cl2N3O2. The van der Waals surface area contributed by atoms with Crippen molar-refractivity contribution in [1.82, 2.24) is 14.1 Å². The van der Waals surface area contributed by atoms with Crippen molar-refractivity contribution in [1.29, 1.82) is 0 Å². The third-order valence-corrected chi connectivity index (χ3v) is 4.20. The molecule has 0 unspecified atom stereocenters. The average Bonchev–Trinajstić information content (AvgIpc) is 2.51. The molecule has 0 aliphatic rings. The lowest BCUT2D eigenvalue weighted by Gasteiger charge is -2.12. The molecule has 2 aromatic heterocycles. The van der Waals surface area contributed by atoms with Crippen LogP contribution in [0.15, 0.2) is 39.9 Å². The van der Waals surface area contributed by atoms with Crippen molar-refractivity contribution in [2.45, 2.75) is 0 Å². The van der Waals surface area contributed by atoms with Crippen molar-refractivity contribution in [2.24, 2.45) is 14.1 Å². The summed E-state index contributed by atoms with van der Waals surface area (Å²) in [6, 6.07) is 9.19. The van der Waals surface area contributed by atoms with Gasteiger partial charge in [-0.2, -0.15) is 0 Å². The van der Waals surface area contributed by atoms with Gasteiger partial charge < -0.3 is 0 Å². The monoisotopic (exact) mass is 335 g/mol. The van der Waals surface area contributed by atoms with Crippen LogP contribution < -0.4 is 11.2 Å². The number of aromatic nitrogens is 3. The number of hydrogen-bond acceptors (Lipinski definition) is 3. The van der Waals surface area contributed by atoms with Crippen LogP contribution in [0.25, 0.3) is 22.2 Å². The molecule has 0 spiro atoms. The maximum atomic E-state index is 12.4. The Balaban J connectivity index is 2.55. The lowest BCUT2D eigenvalue weighted by atomic mass is 10.1. The van der Waals surface area contributed by atoms with Gasteiger partial charge in [-0.3, -0.25) is 13.9 Å². The number of aryl methyl sites for hydroxylation is 1. The summed E-state index contributed by atoms with van der Waals surface area (Å²) < 4.78 is 2.25. The molecule has 22 heavy (non-hydrogen) atoms. The Morgan fingerprint density at radius 1 is 1.00 bits per heavy atom. The molecule has 3 aromatic rings. The Morgan fingerprint density at radius 2 is 1.64 bits per heavy atom. The molecule has 0 amide bonds. The van der Waals surface area contributed by atoms with Crippen LogP contribution >= 0.6 is 23.2 Å². The first-order valence-corrected chi connectivity index (χ1v) is 7.19. The molecule has 0 bridgehead atoms. The molecule has 0 saturated carbocycles. The van der Waals surface area contributed by atoms with Crippen LogP contribution in [0, 0.1) is 0 Å². The summed E-state index contributed by atoms with van der Waals surface area (Å²) in [6.45, 7) is 0. The molecule has 7 heteroatoms. The molecule has 3 rings (SSSR count). The molecule has 0 radical (unpaired) electrons. The van der Waals surface area contributed by atoms with Crippen LogP contribution in [-0.2, 0) is 14.1 Å². The molecule has 112 valence electrons. The number of hydrogen-bond donors (Lipinski definition) is 0. The molecule has 1 aromatic carbocycles. The molecule has 0 atom stereocenters. The van der Waals surface area contributed by atoms with Gasteiger partial charge in [-0.25, -0.2) is 9.78 Å². The largest absolute Gasteiger partial charge is 0.332 e. The fourth-order valence-electron chi connectivity index (χ4n) is 2.37. The summed E-state index contributed by atoms with van der Waals surface area (Å²) in [7, 11) is 2.92. The third-order valence-electron chi connectivity index (χ3n) is 3.55. The van der Waals surface area contributed by atoms with E-state index in [0.717, 1.165) is 10.1 Å². The summed E-state index contributed by atoms with van der Waals surface area (Å²) in [4.78, 5) is 28.6. The topological polar surface area (TPSA) is 56.9 Å². The Labute approximate surface area is 135 Å². The van der Waals surface area contributed by atoms with E-state index in [2.05, 4.69) is 4.98 Å². The average molecular weight is 336 g/mol. The second-order valence-electron chi connectivity index (χ2n) is 4.86. The van der Waals surface area contributed by atoms with Crippen molar-refractivity contribution in [3.63, 3.8) is 0 Å². The first-order chi connectivity index (χ1) is 10.4. The third kappa shape index (κ3) is 2.05. The summed E-state index contributed by atoms with van der Waals surface area (Å²) >= 11 is 12.7. The highest BCUT2D eigenvalue weighted by Gasteiger charge is 2.20. The van der Waals surface area contributed by atoms with Crippen molar-refractivity contribution < 1.29 is 0 Å². The van der Waals surface area contributed by atoms with Crippen molar-refractivity contribution in [3.8, 4) is 11.1 Å². The minimum atomic E-state index is -0.496. The number of fused-ring (bicyclic) bond motifs is 1. The lowest BCUT2D eigenvalue weighted by molar-refractivity contribution is 0.708. The Kier molecular flexibility index (Phi) is 3.54. The Morgan fingerprint density at radius 3 is 2.27 bits per heavy atom. The predicted molar refractivity (Wildman–Crippen MR) is 87.7 cm³/mol. The number of pyridine rings is 1. The highest BCUT2D eigenvalue weighted by atomic mass is 35.5. The Hall–Kier alpha value is -2.11. The van der Waals surface area contributed by atoms with Crippen molar-refractivity contribution in [2.75, 3.05) is 0 Å². The number of nitrogens with zero attached hydrogens (tertiary/aromatic N) is 3. The first kappa shape index (κ1) is 14.8. The molecule has 5 nitrogen and oxygen atoms in total. The van der Waals surface area contributed by atoms with Crippen LogP contribution in [0.2, 0.25) is 10.2 Å². The molecule has 2 heterocycles. The van der Waals surface area contributed by atoms with Gasteiger partial charge in [-0.15, -0.1) is 0 Å². The highest BCUT2D eigenvalue weighted by molar-refractivity contribution is 6.42. The van der Waals surface area contributed by atoms with E-state index in [1.165, 1.54) is 18.7 Å². The molecule has 0 aliphatic carbocycles. The SMILES string of the molecule is Cn1c(=O)c2c(Cl)c(-c3ccccc3)c(Cl)nc2n(C)c1=O. The van der Waals surface area contributed by atoms with Gasteiger partial charge in [0.05, 0.1) is 5.02 Å². The number of rotatable bonds is 1. The lowest BCUT2D eigenvalue weighted by Crippen LogP contribution is -2.37. The van der Waals surface area contributed by atoms with E-state index in [9.17, 15) is 9.59 Å². The normalized spacial score (nSPS) is 11.1. The summed E-state index contributed by atoms with van der Waals surface area (Å²) in [6.07, 6.45) is 0. The van der Waals surface area contributed by atoms with E-state index in [1.54, 1.807) is 0 Å². The zero-order valence-corrected chi connectivity index (χ0v) is 13.3. The van der Waals surface area contributed by atoms with Crippen LogP contribution in [0.1, 0.15) is 0 Å². The molecule has 0 aliphatic heterocycles. The van der Waals surface area contributed by atoms with Gasteiger partial charge in [0.1, 0.15) is 10.5 Å². The van der Waals surface area contributed by atoms with Gasteiger partial charge in [0.2, 0.25) is 0 Å². The van der Waals surface area contributed by atoms with E-state index in [-0.39, 0.29) is 21.2 Å². The van der Waals surface area contributed by atoms with Crippen LogP contribution in [0.5, 0.6) is 0 Å². The van der Waals surface area contributed by atoms with Gasteiger partial charge in [-0.05, 0) is 5.56 Å². The van der Waals surface area contributed by atoms with E-state index < -0.39 is 11.2 Å². The van der Waals surface area contributed by atoms with Crippen LogP contribution in [0.3, 0.4) is 0 Å². The molecule has 0 N–H and O–H groups in total. The fraction of sp³-hybridized carbons (Fsp3) is 0.133. The highest BCUT2D eigenvalue weighted by Crippen LogP contribution is 2.36. The quantitative estimate of drug-likeness (QED) is 0.642. The second kappa shape index (κ2) is 5.26.